The van der Waals surface area contributed by atoms with Gasteiger partial charge in [0.1, 0.15) is 5.82 Å². The molecule has 140 valence electrons. The summed E-state index contributed by atoms with van der Waals surface area (Å²) in [4.78, 5) is 23.7. The van der Waals surface area contributed by atoms with E-state index < -0.39 is 17.7 Å². The Kier molecular flexibility index (Phi) is 4.95. The normalized spacial score (nSPS) is 10.8. The number of anilines is 1. The third-order valence-corrected chi connectivity index (χ3v) is 4.33. The summed E-state index contributed by atoms with van der Waals surface area (Å²) in [5, 5.41) is 20.0. The van der Waals surface area contributed by atoms with Crippen molar-refractivity contribution < 1.29 is 19.1 Å². The first-order valence-corrected chi connectivity index (χ1v) is 8.19. The Hall–Kier alpha value is -3.20. The molecule has 3 rings (SSSR count). The average molecular weight is 392 g/mol. The highest BCUT2D eigenvalue weighted by Crippen LogP contribution is 2.21. The Morgan fingerprint density at radius 2 is 2.11 bits per heavy atom. The van der Waals surface area contributed by atoms with E-state index in [1.54, 1.807) is 19.1 Å². The van der Waals surface area contributed by atoms with E-state index >= 15 is 0 Å². The number of hydrogen-bond acceptors (Lipinski definition) is 4. The van der Waals surface area contributed by atoms with Gasteiger partial charge in [-0.25, -0.2) is 9.18 Å². The number of halogens is 2. The zero-order valence-corrected chi connectivity index (χ0v) is 15.2. The molecule has 0 aliphatic heterocycles. The van der Waals surface area contributed by atoms with Gasteiger partial charge in [0.05, 0.1) is 18.3 Å². The van der Waals surface area contributed by atoms with E-state index in [0.717, 1.165) is 4.68 Å². The van der Waals surface area contributed by atoms with Crippen molar-refractivity contribution in [2.45, 2.75) is 13.5 Å². The van der Waals surface area contributed by atoms with Gasteiger partial charge in [-0.1, -0.05) is 17.7 Å². The predicted molar refractivity (Wildman–Crippen MR) is 95.6 cm³/mol. The molecule has 0 radical (unpaired) electrons. The average Bonchev–Trinajstić information content (AvgIpc) is 3.14. The molecule has 0 atom stereocenters. The highest BCUT2D eigenvalue weighted by atomic mass is 35.5. The lowest BCUT2D eigenvalue weighted by atomic mass is 10.2. The van der Waals surface area contributed by atoms with Crippen LogP contribution in [0.2, 0.25) is 5.02 Å². The number of hydrogen-bond donors (Lipinski definition) is 2. The van der Waals surface area contributed by atoms with Gasteiger partial charge >= 0.3 is 5.97 Å². The molecule has 2 aromatic heterocycles. The van der Waals surface area contributed by atoms with Crippen molar-refractivity contribution in [3.8, 4) is 0 Å². The standard InChI is InChI=1S/C17H15ClFN5O3/c1-9-6-14(21-16(25)10-7-20-23(2)15(10)17(26)27)22-24(9)8-11-12(18)4-3-5-13(11)19/h3-7H,8H2,1-2H3,(H,26,27)(H,21,22,25). The summed E-state index contributed by atoms with van der Waals surface area (Å²) >= 11 is 6.04. The number of benzene rings is 1. The molecule has 2 heterocycles. The summed E-state index contributed by atoms with van der Waals surface area (Å²) < 4.78 is 16.6. The van der Waals surface area contributed by atoms with Crippen LogP contribution in [-0.4, -0.2) is 36.5 Å². The Morgan fingerprint density at radius 1 is 1.37 bits per heavy atom. The maximum absolute atomic E-state index is 14.0. The minimum absolute atomic E-state index is 0.0838. The second-order valence-corrected chi connectivity index (χ2v) is 6.23. The van der Waals surface area contributed by atoms with E-state index in [2.05, 4.69) is 15.5 Å². The Balaban J connectivity index is 1.83. The number of carbonyl (C=O) groups excluding carboxylic acids is 1. The van der Waals surface area contributed by atoms with Gasteiger partial charge in [-0.2, -0.15) is 10.2 Å². The number of aromatic carboxylic acids is 1. The number of rotatable bonds is 5. The number of carboxylic acid groups (broad SMARTS) is 1. The molecule has 0 spiro atoms. The Labute approximate surface area is 158 Å². The molecular weight excluding hydrogens is 377 g/mol. The zero-order chi connectivity index (χ0) is 19.7. The largest absolute Gasteiger partial charge is 0.477 e. The van der Waals surface area contributed by atoms with Crippen LogP contribution in [0.1, 0.15) is 32.1 Å². The molecule has 0 aliphatic carbocycles. The lowest BCUT2D eigenvalue weighted by Crippen LogP contribution is -2.17. The number of aryl methyl sites for hydroxylation is 2. The molecular formula is C17H15ClFN5O3. The maximum Gasteiger partial charge on any atom is 0.354 e. The van der Waals surface area contributed by atoms with E-state index in [0.29, 0.717) is 5.69 Å². The summed E-state index contributed by atoms with van der Waals surface area (Å²) in [6.07, 6.45) is 1.17. The quantitative estimate of drug-likeness (QED) is 0.696. The van der Waals surface area contributed by atoms with Gasteiger partial charge in [0.2, 0.25) is 0 Å². The molecule has 2 N–H and O–H groups in total. The van der Waals surface area contributed by atoms with Gasteiger partial charge in [0.15, 0.2) is 11.5 Å². The van der Waals surface area contributed by atoms with Gasteiger partial charge in [0.25, 0.3) is 5.91 Å². The van der Waals surface area contributed by atoms with Crippen LogP contribution in [0.4, 0.5) is 10.2 Å². The fraction of sp³-hybridized carbons (Fsp3) is 0.176. The van der Waals surface area contributed by atoms with Crippen LogP contribution >= 0.6 is 11.6 Å². The van der Waals surface area contributed by atoms with Gasteiger partial charge in [0, 0.05) is 29.4 Å². The number of nitrogens with one attached hydrogen (secondary N) is 1. The topological polar surface area (TPSA) is 102 Å². The van der Waals surface area contributed by atoms with Gasteiger partial charge in [-0.05, 0) is 19.1 Å². The third-order valence-electron chi connectivity index (χ3n) is 3.98. The van der Waals surface area contributed by atoms with E-state index in [1.807, 2.05) is 0 Å². The Morgan fingerprint density at radius 3 is 2.78 bits per heavy atom. The van der Waals surface area contributed by atoms with E-state index in [9.17, 15) is 19.1 Å². The van der Waals surface area contributed by atoms with E-state index in [-0.39, 0.29) is 34.2 Å². The van der Waals surface area contributed by atoms with Crippen LogP contribution in [0.5, 0.6) is 0 Å². The SMILES string of the molecule is Cc1cc(NC(=O)c2cnn(C)c2C(=O)O)nn1Cc1c(F)cccc1Cl. The molecule has 0 unspecified atom stereocenters. The highest BCUT2D eigenvalue weighted by Gasteiger charge is 2.22. The van der Waals surface area contributed by atoms with Crippen LogP contribution in [0.25, 0.3) is 0 Å². The molecule has 8 nitrogen and oxygen atoms in total. The van der Waals surface area contributed by atoms with Crippen LogP contribution in [0, 0.1) is 12.7 Å². The zero-order valence-electron chi connectivity index (χ0n) is 14.4. The van der Waals surface area contributed by atoms with Crippen molar-refractivity contribution in [2.24, 2.45) is 7.05 Å². The number of aromatic nitrogens is 4. The molecule has 0 fully saturated rings. The van der Waals surface area contributed by atoms with Gasteiger partial charge in [-0.15, -0.1) is 0 Å². The first kappa shape index (κ1) is 18.6. The molecule has 0 saturated carbocycles. The summed E-state index contributed by atoms with van der Waals surface area (Å²) in [6, 6.07) is 5.98. The first-order chi connectivity index (χ1) is 12.8. The van der Waals surface area contributed by atoms with Crippen LogP contribution in [0.3, 0.4) is 0 Å². The predicted octanol–water partition coefficient (Wildman–Crippen LogP) is 2.72. The van der Waals surface area contributed by atoms with Gasteiger partial charge < -0.3 is 10.4 Å². The van der Waals surface area contributed by atoms with Gasteiger partial charge in [-0.3, -0.25) is 14.2 Å². The summed E-state index contributed by atoms with van der Waals surface area (Å²) in [7, 11) is 1.43. The molecule has 0 aliphatic rings. The van der Waals surface area contributed by atoms with Crippen LogP contribution in [-0.2, 0) is 13.6 Å². The van der Waals surface area contributed by atoms with Crippen LogP contribution < -0.4 is 5.32 Å². The summed E-state index contributed by atoms with van der Waals surface area (Å²) in [6.45, 7) is 1.82. The number of carbonyl (C=O) groups is 2. The summed E-state index contributed by atoms with van der Waals surface area (Å²) in [5.41, 5.74) is 0.620. The van der Waals surface area contributed by atoms with Crippen molar-refractivity contribution >= 4 is 29.3 Å². The highest BCUT2D eigenvalue weighted by molar-refractivity contribution is 6.31. The molecule has 1 amide bonds. The molecule has 3 aromatic rings. The smallest absolute Gasteiger partial charge is 0.354 e. The van der Waals surface area contributed by atoms with E-state index in [1.165, 1.54) is 30.1 Å². The second kappa shape index (κ2) is 7.20. The minimum Gasteiger partial charge on any atom is -0.477 e. The Bertz CT molecular complexity index is 1020. The van der Waals surface area contributed by atoms with Crippen molar-refractivity contribution in [1.29, 1.82) is 0 Å². The third kappa shape index (κ3) is 3.68. The number of carboxylic acids is 1. The fourth-order valence-electron chi connectivity index (χ4n) is 2.61. The first-order valence-electron chi connectivity index (χ1n) is 7.82. The molecule has 27 heavy (non-hydrogen) atoms. The lowest BCUT2D eigenvalue weighted by molar-refractivity contribution is 0.0680. The second-order valence-electron chi connectivity index (χ2n) is 5.82. The van der Waals surface area contributed by atoms with Crippen LogP contribution in [0.15, 0.2) is 30.5 Å². The van der Waals surface area contributed by atoms with Crippen molar-refractivity contribution in [3.63, 3.8) is 0 Å². The number of nitrogens with zero attached hydrogens (tertiary/aromatic N) is 4. The maximum atomic E-state index is 14.0. The van der Waals surface area contributed by atoms with Crippen molar-refractivity contribution in [2.75, 3.05) is 5.32 Å². The molecule has 0 bridgehead atoms. The minimum atomic E-state index is -1.27. The van der Waals surface area contributed by atoms with Crippen molar-refractivity contribution in [3.05, 3.63) is 63.8 Å². The molecule has 0 saturated heterocycles. The van der Waals surface area contributed by atoms with E-state index in [4.69, 9.17) is 11.6 Å². The lowest BCUT2D eigenvalue weighted by Gasteiger charge is -2.07. The summed E-state index contributed by atoms with van der Waals surface area (Å²) in [5.74, 6) is -2.18. The monoisotopic (exact) mass is 391 g/mol. The molecule has 1 aromatic carbocycles. The fourth-order valence-corrected chi connectivity index (χ4v) is 2.83. The molecule has 10 heteroatoms. The number of amides is 1. The van der Waals surface area contributed by atoms with Crippen molar-refractivity contribution in [1.82, 2.24) is 19.6 Å².